The zero-order valence-corrected chi connectivity index (χ0v) is 16.5. The zero-order chi connectivity index (χ0) is 19.2. The highest BCUT2D eigenvalue weighted by atomic mass is 32.1. The molecular weight excluding hydrogens is 364 g/mol. The molecule has 0 radical (unpaired) electrons. The van der Waals surface area contributed by atoms with Gasteiger partial charge in [0.15, 0.2) is 18.2 Å². The van der Waals surface area contributed by atoms with Gasteiger partial charge >= 0.3 is 0 Å². The number of quaternary nitrogens is 1. The van der Waals surface area contributed by atoms with Crippen molar-refractivity contribution in [2.75, 3.05) is 20.8 Å². The SMILES string of the molecule is CCOc1ccc(C[NH+](C)Cn2nc(-c3cccnc3)oc2=S)cc1OC. The van der Waals surface area contributed by atoms with Gasteiger partial charge in [0, 0.05) is 18.0 Å². The molecular formula is C19H23N4O3S+. The van der Waals surface area contributed by atoms with Gasteiger partial charge in [-0.2, -0.15) is 4.68 Å². The van der Waals surface area contributed by atoms with Crippen molar-refractivity contribution < 1.29 is 18.8 Å². The average Bonchev–Trinajstić information content (AvgIpc) is 3.04. The second-order valence-electron chi connectivity index (χ2n) is 6.12. The van der Waals surface area contributed by atoms with Gasteiger partial charge in [0.25, 0.3) is 4.84 Å². The molecule has 1 atom stereocenters. The molecule has 1 N–H and O–H groups in total. The minimum Gasteiger partial charge on any atom is -0.493 e. The number of methoxy groups -OCH3 is 1. The first-order valence-electron chi connectivity index (χ1n) is 8.70. The summed E-state index contributed by atoms with van der Waals surface area (Å²) in [5.41, 5.74) is 1.94. The summed E-state index contributed by atoms with van der Waals surface area (Å²) < 4.78 is 18.3. The van der Waals surface area contributed by atoms with E-state index in [1.165, 1.54) is 4.90 Å². The molecule has 0 amide bonds. The van der Waals surface area contributed by atoms with Crippen LogP contribution in [0.3, 0.4) is 0 Å². The normalized spacial score (nSPS) is 12.0. The van der Waals surface area contributed by atoms with Crippen molar-refractivity contribution in [2.24, 2.45) is 0 Å². The molecule has 0 bridgehead atoms. The van der Waals surface area contributed by atoms with Crippen LogP contribution in [-0.4, -0.2) is 35.5 Å². The third-order valence-corrected chi connectivity index (χ3v) is 4.26. The fraction of sp³-hybridized carbons (Fsp3) is 0.316. The van der Waals surface area contributed by atoms with E-state index in [0.29, 0.717) is 24.0 Å². The predicted molar refractivity (Wildman–Crippen MR) is 103 cm³/mol. The standard InChI is InChI=1S/C19H22N4O3S/c1-4-25-16-8-7-14(10-17(16)24-3)12-22(2)13-23-19(27)26-18(21-23)15-6-5-9-20-11-15/h5-11H,4,12-13H2,1-3H3/p+1. The summed E-state index contributed by atoms with van der Waals surface area (Å²) in [4.78, 5) is 5.63. The lowest BCUT2D eigenvalue weighted by Gasteiger charge is -2.15. The Morgan fingerprint density at radius 3 is 2.81 bits per heavy atom. The number of aromatic nitrogens is 3. The van der Waals surface area contributed by atoms with Crippen molar-refractivity contribution in [3.8, 4) is 23.0 Å². The molecule has 0 aliphatic carbocycles. The van der Waals surface area contributed by atoms with Crippen LogP contribution in [0, 0.1) is 4.84 Å². The van der Waals surface area contributed by atoms with Gasteiger partial charge in [0.2, 0.25) is 5.89 Å². The Labute approximate surface area is 163 Å². The van der Waals surface area contributed by atoms with Crippen LogP contribution in [0.4, 0.5) is 0 Å². The Balaban J connectivity index is 1.70. The van der Waals surface area contributed by atoms with Crippen LogP contribution in [0.5, 0.6) is 11.5 Å². The molecule has 8 heteroatoms. The molecule has 3 rings (SSSR count). The fourth-order valence-corrected chi connectivity index (χ4v) is 2.95. The van der Waals surface area contributed by atoms with Gasteiger partial charge in [-0.25, -0.2) is 0 Å². The number of nitrogens with one attached hydrogen (secondary N) is 1. The molecule has 2 aromatic heterocycles. The van der Waals surface area contributed by atoms with Crippen LogP contribution in [0.25, 0.3) is 11.5 Å². The highest BCUT2D eigenvalue weighted by Gasteiger charge is 2.13. The number of nitrogens with zero attached hydrogens (tertiary/aromatic N) is 3. The van der Waals surface area contributed by atoms with Gasteiger partial charge in [-0.1, -0.05) is 0 Å². The number of hydrogen-bond acceptors (Lipinski definition) is 6. The predicted octanol–water partition coefficient (Wildman–Crippen LogP) is 2.35. The summed E-state index contributed by atoms with van der Waals surface area (Å²) in [6.07, 6.45) is 3.41. The summed E-state index contributed by atoms with van der Waals surface area (Å²) in [6, 6.07) is 9.70. The second kappa shape index (κ2) is 8.79. The van der Waals surface area contributed by atoms with Crippen LogP contribution < -0.4 is 14.4 Å². The van der Waals surface area contributed by atoms with Crippen molar-refractivity contribution in [2.45, 2.75) is 20.1 Å². The minimum atomic E-state index is 0.345. The maximum Gasteiger partial charge on any atom is 0.292 e. The van der Waals surface area contributed by atoms with Crippen molar-refractivity contribution >= 4 is 12.2 Å². The van der Waals surface area contributed by atoms with Gasteiger partial charge < -0.3 is 18.8 Å². The topological polar surface area (TPSA) is 66.8 Å². The third kappa shape index (κ3) is 4.72. The van der Waals surface area contributed by atoms with Crippen LogP contribution in [0.1, 0.15) is 12.5 Å². The van der Waals surface area contributed by atoms with E-state index >= 15 is 0 Å². The zero-order valence-electron chi connectivity index (χ0n) is 15.6. The lowest BCUT2D eigenvalue weighted by Crippen LogP contribution is -3.07. The Bertz CT molecular complexity index is 940. The lowest BCUT2D eigenvalue weighted by atomic mass is 10.2. The van der Waals surface area contributed by atoms with E-state index < -0.39 is 0 Å². The molecule has 0 aliphatic heterocycles. The lowest BCUT2D eigenvalue weighted by molar-refractivity contribution is -0.917. The maximum atomic E-state index is 5.61. The summed E-state index contributed by atoms with van der Waals surface area (Å²) in [6.45, 7) is 3.91. The summed E-state index contributed by atoms with van der Waals surface area (Å²) in [7, 11) is 3.72. The molecule has 27 heavy (non-hydrogen) atoms. The van der Waals surface area contributed by atoms with Crippen LogP contribution in [0.15, 0.2) is 47.1 Å². The molecule has 1 aromatic carbocycles. The van der Waals surface area contributed by atoms with Crippen molar-refractivity contribution in [1.82, 2.24) is 14.8 Å². The largest absolute Gasteiger partial charge is 0.493 e. The van der Waals surface area contributed by atoms with E-state index in [1.807, 2.05) is 37.3 Å². The molecule has 0 aliphatic rings. The van der Waals surface area contributed by atoms with E-state index in [9.17, 15) is 0 Å². The first-order valence-corrected chi connectivity index (χ1v) is 9.11. The van der Waals surface area contributed by atoms with Crippen LogP contribution in [0.2, 0.25) is 0 Å². The highest BCUT2D eigenvalue weighted by molar-refractivity contribution is 7.71. The van der Waals surface area contributed by atoms with Gasteiger partial charge in [-0.15, -0.1) is 5.10 Å². The van der Waals surface area contributed by atoms with Gasteiger partial charge in [-0.05, 0) is 49.5 Å². The first kappa shape index (κ1) is 19.1. The average molecular weight is 387 g/mol. The maximum absolute atomic E-state index is 5.61. The third-order valence-electron chi connectivity index (χ3n) is 3.97. The Kier molecular flexibility index (Phi) is 6.20. The summed E-state index contributed by atoms with van der Waals surface area (Å²) in [5, 5.41) is 4.47. The van der Waals surface area contributed by atoms with E-state index in [2.05, 4.69) is 17.1 Å². The molecule has 3 aromatic rings. The molecule has 142 valence electrons. The van der Waals surface area contributed by atoms with Gasteiger partial charge in [0.05, 0.1) is 26.3 Å². The fourth-order valence-electron chi connectivity index (χ4n) is 2.77. The number of benzene rings is 1. The first-order chi connectivity index (χ1) is 13.1. The molecule has 0 saturated heterocycles. The van der Waals surface area contributed by atoms with E-state index in [1.54, 1.807) is 24.2 Å². The van der Waals surface area contributed by atoms with Crippen LogP contribution in [-0.2, 0) is 13.2 Å². The van der Waals surface area contributed by atoms with Crippen molar-refractivity contribution in [3.05, 3.63) is 53.1 Å². The number of rotatable bonds is 8. The summed E-state index contributed by atoms with van der Waals surface area (Å²) in [5.74, 6) is 1.96. The number of ether oxygens (including phenoxy) is 2. The van der Waals surface area contributed by atoms with E-state index in [-0.39, 0.29) is 0 Å². The smallest absolute Gasteiger partial charge is 0.292 e. The Morgan fingerprint density at radius 1 is 1.26 bits per heavy atom. The monoisotopic (exact) mass is 387 g/mol. The van der Waals surface area contributed by atoms with Gasteiger partial charge in [0.1, 0.15) is 6.54 Å². The van der Waals surface area contributed by atoms with Crippen molar-refractivity contribution in [3.63, 3.8) is 0 Å². The quantitative estimate of drug-likeness (QED) is 0.599. The molecule has 2 heterocycles. The van der Waals surface area contributed by atoms with E-state index in [0.717, 1.165) is 29.2 Å². The highest BCUT2D eigenvalue weighted by Crippen LogP contribution is 2.27. The second-order valence-corrected chi connectivity index (χ2v) is 6.47. The molecule has 1 unspecified atom stereocenters. The molecule has 7 nitrogen and oxygen atoms in total. The minimum absolute atomic E-state index is 0.345. The van der Waals surface area contributed by atoms with E-state index in [4.69, 9.17) is 26.1 Å². The summed E-state index contributed by atoms with van der Waals surface area (Å²) >= 11 is 5.31. The number of hydrogen-bond donors (Lipinski definition) is 1. The van der Waals surface area contributed by atoms with Crippen LogP contribution >= 0.6 is 12.2 Å². The molecule has 0 spiro atoms. The molecule has 0 saturated carbocycles. The van der Waals surface area contributed by atoms with Gasteiger partial charge in [-0.3, -0.25) is 4.98 Å². The Morgan fingerprint density at radius 2 is 2.11 bits per heavy atom. The Hall–Kier alpha value is -2.71. The molecule has 0 fully saturated rings. The number of pyridine rings is 1. The van der Waals surface area contributed by atoms with Crippen molar-refractivity contribution in [1.29, 1.82) is 0 Å².